The molecule has 1 heterocycles. The second-order valence-corrected chi connectivity index (χ2v) is 9.86. The van der Waals surface area contributed by atoms with Gasteiger partial charge in [-0.3, -0.25) is 9.59 Å². The van der Waals surface area contributed by atoms with Crippen LogP contribution in [0.15, 0.2) is 12.1 Å². The third kappa shape index (κ3) is 6.37. The van der Waals surface area contributed by atoms with Crippen LogP contribution in [0, 0.1) is 11.7 Å². The van der Waals surface area contributed by atoms with Gasteiger partial charge in [-0.05, 0) is 50.8 Å². The summed E-state index contributed by atoms with van der Waals surface area (Å²) >= 11 is 0. The second kappa shape index (κ2) is 11.2. The van der Waals surface area contributed by atoms with Crippen LogP contribution in [0.5, 0.6) is 0 Å². The predicted molar refractivity (Wildman–Crippen MR) is 127 cm³/mol. The van der Waals surface area contributed by atoms with Crippen molar-refractivity contribution in [2.75, 3.05) is 36.8 Å². The third-order valence-corrected chi connectivity index (χ3v) is 7.37. The van der Waals surface area contributed by atoms with E-state index in [1.807, 2.05) is 0 Å². The van der Waals surface area contributed by atoms with Crippen LogP contribution in [0.1, 0.15) is 74.6 Å². The fourth-order valence-corrected chi connectivity index (χ4v) is 5.41. The van der Waals surface area contributed by atoms with Gasteiger partial charge in [0.1, 0.15) is 5.82 Å². The average Bonchev–Trinajstić information content (AvgIpc) is 3.49. The number of anilines is 2. The van der Waals surface area contributed by atoms with Crippen molar-refractivity contribution in [3.05, 3.63) is 23.5 Å². The van der Waals surface area contributed by atoms with Crippen molar-refractivity contribution in [1.29, 1.82) is 0 Å². The number of nitrogens with zero attached hydrogens (tertiary/aromatic N) is 1. The summed E-state index contributed by atoms with van der Waals surface area (Å²) in [6.45, 7) is 2.22. The van der Waals surface area contributed by atoms with Gasteiger partial charge in [-0.15, -0.1) is 0 Å². The van der Waals surface area contributed by atoms with Crippen molar-refractivity contribution >= 4 is 23.3 Å². The molecular weight excluding hydrogens is 423 g/mol. The number of halogens is 1. The maximum atomic E-state index is 15.0. The van der Waals surface area contributed by atoms with Crippen LogP contribution in [-0.4, -0.2) is 60.1 Å². The summed E-state index contributed by atoms with van der Waals surface area (Å²) in [4.78, 5) is 26.2. The Morgan fingerprint density at radius 2 is 1.58 bits per heavy atom. The number of benzene rings is 1. The Morgan fingerprint density at radius 1 is 0.939 bits per heavy atom. The highest BCUT2D eigenvalue weighted by molar-refractivity contribution is 6.00. The number of amides is 1. The number of rotatable bonds is 9. The van der Waals surface area contributed by atoms with Crippen LogP contribution >= 0.6 is 0 Å². The van der Waals surface area contributed by atoms with E-state index in [2.05, 4.69) is 20.9 Å². The molecule has 1 aliphatic heterocycles. The molecule has 7 nitrogen and oxygen atoms in total. The first-order chi connectivity index (χ1) is 16.0. The average molecular weight is 461 g/mol. The number of nitrogens with one attached hydrogen (secondary N) is 3. The molecule has 4 N–H and O–H groups in total. The summed E-state index contributed by atoms with van der Waals surface area (Å²) in [6, 6.07) is 3.72. The van der Waals surface area contributed by atoms with Crippen molar-refractivity contribution in [1.82, 2.24) is 10.2 Å². The third-order valence-electron chi connectivity index (χ3n) is 7.37. The van der Waals surface area contributed by atoms with Crippen LogP contribution in [-0.2, 0) is 4.79 Å². The summed E-state index contributed by atoms with van der Waals surface area (Å²) in [7, 11) is 0. The molecule has 8 heteroatoms. The highest BCUT2D eigenvalue weighted by atomic mass is 19.1. The number of carbonyl (C=O) groups excluding carboxylic acids is 1. The van der Waals surface area contributed by atoms with Crippen molar-refractivity contribution in [2.24, 2.45) is 5.92 Å². The normalized spacial score (nSPS) is 22.4. The van der Waals surface area contributed by atoms with Gasteiger partial charge >= 0.3 is 5.97 Å². The van der Waals surface area contributed by atoms with E-state index in [0.717, 1.165) is 45.1 Å². The van der Waals surface area contributed by atoms with Crippen molar-refractivity contribution < 1.29 is 19.1 Å². The first-order valence-corrected chi connectivity index (χ1v) is 12.6. The Balaban J connectivity index is 1.41. The van der Waals surface area contributed by atoms with Crippen molar-refractivity contribution in [3.63, 3.8) is 0 Å². The van der Waals surface area contributed by atoms with Gasteiger partial charge in [-0.25, -0.2) is 4.39 Å². The fraction of sp³-hybridized carbons (Fsp3) is 0.680. The summed E-state index contributed by atoms with van der Waals surface area (Å²) in [5, 5.41) is 18.9. The molecular formula is C25H37FN4O3. The monoisotopic (exact) mass is 460 g/mol. The zero-order valence-corrected chi connectivity index (χ0v) is 19.4. The van der Waals surface area contributed by atoms with Crippen LogP contribution in [0.4, 0.5) is 15.8 Å². The van der Waals surface area contributed by atoms with Gasteiger partial charge in [0.15, 0.2) is 0 Å². The predicted octanol–water partition coefficient (Wildman–Crippen LogP) is 4.06. The molecule has 0 bridgehead atoms. The Bertz CT molecular complexity index is 837. The Hall–Kier alpha value is -2.35. The molecule has 1 atom stereocenters. The maximum absolute atomic E-state index is 15.0. The minimum Gasteiger partial charge on any atom is -0.481 e. The molecule has 1 saturated heterocycles. The van der Waals surface area contributed by atoms with Gasteiger partial charge in [0.05, 0.1) is 17.2 Å². The highest BCUT2D eigenvalue weighted by Gasteiger charge is 2.28. The molecule has 3 aliphatic rings. The summed E-state index contributed by atoms with van der Waals surface area (Å²) in [5.74, 6) is -1.79. The van der Waals surface area contributed by atoms with E-state index in [9.17, 15) is 9.59 Å². The van der Waals surface area contributed by atoms with Gasteiger partial charge in [0.25, 0.3) is 5.91 Å². The lowest BCUT2D eigenvalue weighted by Gasteiger charge is -2.25. The molecule has 1 aromatic carbocycles. The molecule has 0 aromatic heterocycles. The zero-order valence-electron chi connectivity index (χ0n) is 19.4. The van der Waals surface area contributed by atoms with E-state index in [-0.39, 0.29) is 17.9 Å². The number of carbonyl (C=O) groups is 2. The van der Waals surface area contributed by atoms with Gasteiger partial charge in [0.2, 0.25) is 0 Å². The van der Waals surface area contributed by atoms with E-state index in [1.54, 1.807) is 6.07 Å². The number of carboxylic acid groups (broad SMARTS) is 1. The number of hydrogen-bond acceptors (Lipinski definition) is 5. The number of aliphatic carboxylic acids is 1. The molecule has 33 heavy (non-hydrogen) atoms. The first kappa shape index (κ1) is 23.8. The molecule has 1 amide bonds. The van der Waals surface area contributed by atoms with Gasteiger partial charge < -0.3 is 26.0 Å². The van der Waals surface area contributed by atoms with E-state index in [0.29, 0.717) is 49.0 Å². The SMILES string of the molecule is O=C(NCCN1CCC(C(=O)O)C1)c1cc(F)c(NC2CCCCC2)cc1NC1CCCC1. The second-order valence-electron chi connectivity index (χ2n) is 9.86. The molecule has 0 radical (unpaired) electrons. The van der Waals surface area contributed by atoms with Gasteiger partial charge in [-0.2, -0.15) is 0 Å². The number of carboxylic acids is 1. The quantitative estimate of drug-likeness (QED) is 0.444. The lowest BCUT2D eigenvalue weighted by atomic mass is 9.95. The van der Waals surface area contributed by atoms with Crippen LogP contribution in [0.2, 0.25) is 0 Å². The van der Waals surface area contributed by atoms with Crippen molar-refractivity contribution in [3.8, 4) is 0 Å². The molecule has 182 valence electrons. The molecule has 4 rings (SSSR count). The molecule has 1 aromatic rings. The van der Waals surface area contributed by atoms with Crippen LogP contribution in [0.25, 0.3) is 0 Å². The van der Waals surface area contributed by atoms with Crippen LogP contribution in [0.3, 0.4) is 0 Å². The molecule has 2 aliphatic carbocycles. The van der Waals surface area contributed by atoms with E-state index in [1.165, 1.54) is 25.3 Å². The van der Waals surface area contributed by atoms with E-state index < -0.39 is 11.8 Å². The van der Waals surface area contributed by atoms with Crippen LogP contribution < -0.4 is 16.0 Å². The van der Waals surface area contributed by atoms with Crippen molar-refractivity contribution in [2.45, 2.75) is 76.3 Å². The maximum Gasteiger partial charge on any atom is 0.307 e. The van der Waals surface area contributed by atoms with E-state index >= 15 is 4.39 Å². The largest absolute Gasteiger partial charge is 0.481 e. The smallest absolute Gasteiger partial charge is 0.307 e. The van der Waals surface area contributed by atoms with E-state index in [4.69, 9.17) is 5.11 Å². The number of likely N-dealkylation sites (tertiary alicyclic amines) is 1. The summed E-state index contributed by atoms with van der Waals surface area (Å²) in [6.07, 6.45) is 10.8. The Morgan fingerprint density at radius 3 is 2.21 bits per heavy atom. The lowest BCUT2D eigenvalue weighted by Crippen LogP contribution is -2.35. The minimum absolute atomic E-state index is 0.280. The fourth-order valence-electron chi connectivity index (χ4n) is 5.41. The molecule has 0 spiro atoms. The number of hydrogen-bond donors (Lipinski definition) is 4. The topological polar surface area (TPSA) is 93.7 Å². The summed E-state index contributed by atoms with van der Waals surface area (Å²) in [5.41, 5.74) is 1.49. The van der Waals surface area contributed by atoms with Gasteiger partial charge in [0, 0.05) is 37.4 Å². The zero-order chi connectivity index (χ0) is 23.2. The lowest BCUT2D eigenvalue weighted by molar-refractivity contribution is -0.141. The molecule has 3 fully saturated rings. The first-order valence-electron chi connectivity index (χ1n) is 12.6. The highest BCUT2D eigenvalue weighted by Crippen LogP contribution is 2.31. The standard InChI is InChI=1S/C25H37FN4O3/c26-21-14-20(24(31)27-11-13-30-12-10-17(16-30)25(32)33)22(28-18-8-4-5-9-18)15-23(21)29-19-6-2-1-3-7-19/h14-15,17-19,28-29H,1-13,16H2,(H,27,31)(H,32,33). The Labute approximate surface area is 195 Å². The molecule has 1 unspecified atom stereocenters. The Kier molecular flexibility index (Phi) is 8.06. The summed E-state index contributed by atoms with van der Waals surface area (Å²) < 4.78 is 15.0. The molecule has 2 saturated carbocycles. The minimum atomic E-state index is -0.762. The van der Waals surface area contributed by atoms with Gasteiger partial charge in [-0.1, -0.05) is 32.1 Å².